The third-order valence-electron chi connectivity index (χ3n) is 3.36. The van der Waals surface area contributed by atoms with E-state index in [2.05, 4.69) is 24.3 Å². The van der Waals surface area contributed by atoms with Crippen LogP contribution >= 0.6 is 0 Å². The normalized spacial score (nSPS) is 31.1. The molecule has 0 amide bonds. The molecule has 0 saturated heterocycles. The van der Waals surface area contributed by atoms with Gasteiger partial charge in [-0.2, -0.15) is 0 Å². The van der Waals surface area contributed by atoms with E-state index in [0.29, 0.717) is 0 Å². The fraction of sp³-hybridized carbons (Fsp3) is 0.625. The fourth-order valence-corrected chi connectivity index (χ4v) is 3.82. The van der Waals surface area contributed by atoms with Crippen molar-refractivity contribution >= 4 is 0 Å². The Kier molecular flexibility index (Phi) is 6.15. The van der Waals surface area contributed by atoms with Crippen molar-refractivity contribution in [1.29, 1.82) is 0 Å². The molecule has 2 aliphatic carbocycles. The molecule has 2 rings (SSSR count). The van der Waals surface area contributed by atoms with E-state index in [9.17, 15) is 0 Å². The summed E-state index contributed by atoms with van der Waals surface area (Å²) < 4.78 is 3.31. The summed E-state index contributed by atoms with van der Waals surface area (Å²) in [7, 11) is 0. The van der Waals surface area contributed by atoms with E-state index in [0.717, 1.165) is 0 Å². The van der Waals surface area contributed by atoms with Gasteiger partial charge in [-0.1, -0.05) is 0 Å². The molecule has 0 atom stereocenters. The minimum atomic E-state index is 1.27. The van der Waals surface area contributed by atoms with Crippen LogP contribution in [0.15, 0.2) is 33.3 Å². The average Bonchev–Trinajstić information content (AvgIpc) is 2.24. The van der Waals surface area contributed by atoms with Gasteiger partial charge in [0.05, 0.1) is 0 Å². The van der Waals surface area contributed by atoms with Gasteiger partial charge in [-0.25, -0.2) is 0 Å². The van der Waals surface area contributed by atoms with Crippen molar-refractivity contribution < 1.29 is 14.7 Å². The molecule has 0 saturated carbocycles. The molecule has 2 aliphatic rings. The Balaban J connectivity index is 1.92. The maximum absolute atomic E-state index is 2.52. The van der Waals surface area contributed by atoms with E-state index < -0.39 is 0 Å². The molecular formula is C16H24Co. The van der Waals surface area contributed by atoms with E-state index in [4.69, 9.17) is 0 Å². The SMILES string of the molecule is C1=C\CCCC\[C]([Co]/[C]2=C/CCCCCC2)=C/1. The molecule has 0 bridgehead atoms. The van der Waals surface area contributed by atoms with Gasteiger partial charge in [0, 0.05) is 0 Å². The van der Waals surface area contributed by atoms with Crippen molar-refractivity contribution in [3.8, 4) is 0 Å². The van der Waals surface area contributed by atoms with Gasteiger partial charge in [0.25, 0.3) is 0 Å². The molecule has 0 aromatic heterocycles. The van der Waals surface area contributed by atoms with Crippen molar-refractivity contribution in [2.45, 2.75) is 64.2 Å². The third-order valence-corrected chi connectivity index (χ3v) is 4.94. The maximum atomic E-state index is 2.52. The summed E-state index contributed by atoms with van der Waals surface area (Å²) in [6.07, 6.45) is 23.1. The zero-order valence-electron chi connectivity index (χ0n) is 10.7. The Labute approximate surface area is 112 Å². The Morgan fingerprint density at radius 3 is 2.53 bits per heavy atom. The second-order valence-electron chi connectivity index (χ2n) is 4.92. The molecule has 0 radical (unpaired) electrons. The van der Waals surface area contributed by atoms with Crippen LogP contribution in [0.1, 0.15) is 64.2 Å². The zero-order valence-corrected chi connectivity index (χ0v) is 11.8. The number of hydrogen-bond acceptors (Lipinski definition) is 0. The van der Waals surface area contributed by atoms with Crippen molar-refractivity contribution in [3.63, 3.8) is 0 Å². The van der Waals surface area contributed by atoms with E-state index >= 15 is 0 Å². The van der Waals surface area contributed by atoms with Crippen molar-refractivity contribution in [3.05, 3.63) is 33.3 Å². The van der Waals surface area contributed by atoms with E-state index in [-0.39, 0.29) is 0 Å². The first-order valence-electron chi connectivity index (χ1n) is 7.10. The molecular weight excluding hydrogens is 251 g/mol. The van der Waals surface area contributed by atoms with Gasteiger partial charge in [0.1, 0.15) is 0 Å². The molecule has 0 aliphatic heterocycles. The van der Waals surface area contributed by atoms with Gasteiger partial charge >= 0.3 is 112 Å². The van der Waals surface area contributed by atoms with Crippen LogP contribution in [0.5, 0.6) is 0 Å². The number of rotatable bonds is 2. The van der Waals surface area contributed by atoms with Gasteiger partial charge in [-0.3, -0.25) is 0 Å². The molecule has 0 fully saturated rings. The third kappa shape index (κ3) is 5.26. The predicted octanol–water partition coefficient (Wildman–Crippen LogP) is 5.32. The quantitative estimate of drug-likeness (QED) is 0.639. The van der Waals surface area contributed by atoms with Crippen LogP contribution in [-0.4, -0.2) is 0 Å². The summed E-state index contributed by atoms with van der Waals surface area (Å²) in [5.74, 6) is 0. The summed E-state index contributed by atoms with van der Waals surface area (Å²) >= 11 is 1.56. The molecule has 0 heterocycles. The van der Waals surface area contributed by atoms with Crippen LogP contribution in [0.25, 0.3) is 0 Å². The summed E-state index contributed by atoms with van der Waals surface area (Å²) in [5.41, 5.74) is 0. The van der Waals surface area contributed by atoms with Gasteiger partial charge in [-0.05, 0) is 0 Å². The second kappa shape index (κ2) is 7.94. The van der Waals surface area contributed by atoms with Crippen LogP contribution in [0.2, 0.25) is 0 Å². The van der Waals surface area contributed by atoms with Crippen LogP contribution < -0.4 is 0 Å². The molecule has 97 valence electrons. The van der Waals surface area contributed by atoms with E-state index in [1.54, 1.807) is 23.7 Å². The van der Waals surface area contributed by atoms with Crippen LogP contribution in [-0.2, 0) is 14.7 Å². The predicted molar refractivity (Wildman–Crippen MR) is 71.5 cm³/mol. The summed E-state index contributed by atoms with van der Waals surface area (Å²) in [6, 6.07) is 0. The molecule has 0 N–H and O–H groups in total. The van der Waals surface area contributed by atoms with Gasteiger partial charge in [-0.15, -0.1) is 0 Å². The van der Waals surface area contributed by atoms with E-state index in [1.807, 2.05) is 0 Å². The van der Waals surface area contributed by atoms with Crippen LogP contribution in [0.4, 0.5) is 0 Å². The number of hydrogen-bond donors (Lipinski definition) is 0. The van der Waals surface area contributed by atoms with Crippen LogP contribution in [0.3, 0.4) is 0 Å². The summed E-state index contributed by atoms with van der Waals surface area (Å²) in [6.45, 7) is 0. The summed E-state index contributed by atoms with van der Waals surface area (Å²) in [5, 5.41) is 0. The van der Waals surface area contributed by atoms with Crippen molar-refractivity contribution in [2.24, 2.45) is 0 Å². The van der Waals surface area contributed by atoms with E-state index in [1.165, 1.54) is 64.2 Å². The average molecular weight is 275 g/mol. The molecule has 0 unspecified atom stereocenters. The molecule has 1 heteroatoms. The molecule has 0 aromatic carbocycles. The molecule has 0 spiro atoms. The topological polar surface area (TPSA) is 0 Å². The van der Waals surface area contributed by atoms with Gasteiger partial charge in [0.15, 0.2) is 0 Å². The van der Waals surface area contributed by atoms with Crippen molar-refractivity contribution in [1.82, 2.24) is 0 Å². The zero-order chi connectivity index (χ0) is 11.8. The Hall–Kier alpha value is -0.274. The van der Waals surface area contributed by atoms with Crippen LogP contribution in [0, 0.1) is 0 Å². The van der Waals surface area contributed by atoms with Crippen molar-refractivity contribution in [2.75, 3.05) is 0 Å². The number of allylic oxidation sites excluding steroid dienone is 6. The molecule has 0 nitrogen and oxygen atoms in total. The van der Waals surface area contributed by atoms with Gasteiger partial charge < -0.3 is 0 Å². The first-order chi connectivity index (χ1) is 8.45. The Morgan fingerprint density at radius 2 is 1.53 bits per heavy atom. The molecule has 17 heavy (non-hydrogen) atoms. The second-order valence-corrected chi connectivity index (χ2v) is 6.51. The molecule has 0 aromatic rings. The monoisotopic (exact) mass is 275 g/mol. The summed E-state index contributed by atoms with van der Waals surface area (Å²) in [4.78, 5) is 0. The fourth-order valence-electron chi connectivity index (χ4n) is 2.32. The first kappa shape index (κ1) is 13.2. The Bertz CT molecular complexity index is 309. The first-order valence-corrected chi connectivity index (χ1v) is 8.14. The standard InChI is InChI=1S/C8H13.C8H11.Co/c2*1-2-4-6-8-7-5-3-1;/h1H,2,4-8H2;1-3H,4,6-8H2;/b;2-1-,5-3?;. The Morgan fingerprint density at radius 1 is 0.765 bits per heavy atom. The minimum absolute atomic E-state index is 1.27. The van der Waals surface area contributed by atoms with Gasteiger partial charge in [0.2, 0.25) is 0 Å².